The molecule has 0 saturated heterocycles. The van der Waals surface area contributed by atoms with Crippen molar-refractivity contribution in [1.82, 2.24) is 20.3 Å². The van der Waals surface area contributed by atoms with E-state index in [-0.39, 0.29) is 11.9 Å². The van der Waals surface area contributed by atoms with Crippen LogP contribution in [0.5, 0.6) is 0 Å². The highest BCUT2D eigenvalue weighted by Crippen LogP contribution is 1.98. The van der Waals surface area contributed by atoms with Crippen molar-refractivity contribution in [3.63, 3.8) is 0 Å². The molecule has 18 heavy (non-hydrogen) atoms. The highest BCUT2D eigenvalue weighted by molar-refractivity contribution is 5.75. The van der Waals surface area contributed by atoms with Gasteiger partial charge in [0.2, 0.25) is 5.91 Å². The van der Waals surface area contributed by atoms with Crippen LogP contribution in [0.25, 0.3) is 0 Å². The molecule has 1 heterocycles. The average Bonchev–Trinajstić information content (AvgIpc) is 2.85. The van der Waals surface area contributed by atoms with Crippen molar-refractivity contribution in [2.24, 2.45) is 5.73 Å². The maximum absolute atomic E-state index is 10.9. The second-order valence-electron chi connectivity index (χ2n) is 4.06. The molecular formula is C11H21N5O2. The van der Waals surface area contributed by atoms with Crippen LogP contribution in [0.1, 0.15) is 19.3 Å². The summed E-state index contributed by atoms with van der Waals surface area (Å²) in [5.41, 5.74) is 5.94. The van der Waals surface area contributed by atoms with Gasteiger partial charge in [-0.2, -0.15) is 0 Å². The summed E-state index contributed by atoms with van der Waals surface area (Å²) in [6, 6.07) is 0.0502. The first-order chi connectivity index (χ1) is 8.72. The van der Waals surface area contributed by atoms with Crippen molar-refractivity contribution in [1.29, 1.82) is 0 Å². The lowest BCUT2D eigenvalue weighted by Gasteiger charge is -2.11. The third kappa shape index (κ3) is 6.31. The Kier molecular flexibility index (Phi) is 6.97. The summed E-state index contributed by atoms with van der Waals surface area (Å²) in [4.78, 5) is 10.9. The Morgan fingerprint density at radius 3 is 3.06 bits per heavy atom. The number of hydrogen-bond acceptors (Lipinski definition) is 5. The minimum Gasteiger partial charge on any atom is -0.381 e. The fourth-order valence-electron chi connectivity index (χ4n) is 1.50. The smallest absolute Gasteiger partial charge is 0.222 e. The number of nitrogens with one attached hydrogen (secondary N) is 1. The first-order valence-electron chi connectivity index (χ1n) is 6.10. The van der Waals surface area contributed by atoms with Crippen LogP contribution in [0.2, 0.25) is 0 Å². The molecule has 7 nitrogen and oxygen atoms in total. The molecule has 1 unspecified atom stereocenters. The standard InChI is InChI=1S/C11H21N5O2/c1-13-11(17)4-8-18-7-2-3-10(12)9-16-6-5-14-15-16/h5-6,10H,2-4,7-9,12H2,1H3,(H,13,17). The Balaban J connectivity index is 1.96. The van der Waals surface area contributed by atoms with Crippen LogP contribution in [0.3, 0.4) is 0 Å². The molecule has 0 aromatic carbocycles. The zero-order valence-corrected chi connectivity index (χ0v) is 10.7. The number of nitrogens with two attached hydrogens (primary N) is 1. The number of amides is 1. The lowest BCUT2D eigenvalue weighted by Crippen LogP contribution is -2.27. The van der Waals surface area contributed by atoms with Crippen LogP contribution in [-0.4, -0.2) is 47.2 Å². The fraction of sp³-hybridized carbons (Fsp3) is 0.727. The highest BCUT2D eigenvalue weighted by Gasteiger charge is 2.04. The Morgan fingerprint density at radius 1 is 1.56 bits per heavy atom. The van der Waals surface area contributed by atoms with E-state index in [0.717, 1.165) is 12.8 Å². The molecule has 7 heteroatoms. The number of rotatable bonds is 9. The SMILES string of the molecule is CNC(=O)CCOCCCC(N)Cn1ccnn1. The van der Waals surface area contributed by atoms with E-state index < -0.39 is 0 Å². The molecular weight excluding hydrogens is 234 g/mol. The molecule has 102 valence electrons. The van der Waals surface area contributed by atoms with Crippen molar-refractivity contribution in [3.8, 4) is 0 Å². The molecule has 0 radical (unpaired) electrons. The summed E-state index contributed by atoms with van der Waals surface area (Å²) < 4.78 is 7.06. The summed E-state index contributed by atoms with van der Waals surface area (Å²) in [7, 11) is 1.62. The normalized spacial score (nSPS) is 12.3. The largest absolute Gasteiger partial charge is 0.381 e. The molecule has 1 aromatic heterocycles. The first-order valence-corrected chi connectivity index (χ1v) is 6.10. The highest BCUT2D eigenvalue weighted by atomic mass is 16.5. The van der Waals surface area contributed by atoms with Crippen molar-refractivity contribution in [3.05, 3.63) is 12.4 Å². The van der Waals surface area contributed by atoms with Crippen LogP contribution in [0, 0.1) is 0 Å². The Labute approximate surface area is 107 Å². The van der Waals surface area contributed by atoms with Crippen LogP contribution < -0.4 is 11.1 Å². The summed E-state index contributed by atoms with van der Waals surface area (Å²) in [6.45, 7) is 1.75. The van der Waals surface area contributed by atoms with Gasteiger partial charge in [-0.05, 0) is 12.8 Å². The van der Waals surface area contributed by atoms with E-state index in [0.29, 0.717) is 26.2 Å². The van der Waals surface area contributed by atoms with E-state index in [9.17, 15) is 4.79 Å². The molecule has 0 aliphatic heterocycles. The topological polar surface area (TPSA) is 95.1 Å². The quantitative estimate of drug-likeness (QED) is 0.582. The predicted molar refractivity (Wildman–Crippen MR) is 66.7 cm³/mol. The van der Waals surface area contributed by atoms with Crippen LogP contribution >= 0.6 is 0 Å². The van der Waals surface area contributed by atoms with E-state index in [2.05, 4.69) is 15.6 Å². The molecule has 1 amide bonds. The average molecular weight is 255 g/mol. The molecule has 0 spiro atoms. The number of carbonyl (C=O) groups is 1. The van der Waals surface area contributed by atoms with Gasteiger partial charge in [0, 0.05) is 32.3 Å². The van der Waals surface area contributed by atoms with E-state index in [1.54, 1.807) is 24.1 Å². The molecule has 0 fully saturated rings. The van der Waals surface area contributed by atoms with Crippen molar-refractivity contribution < 1.29 is 9.53 Å². The molecule has 1 rings (SSSR count). The summed E-state index contributed by atoms with van der Waals surface area (Å²) in [6.07, 6.45) is 5.57. The van der Waals surface area contributed by atoms with Crippen molar-refractivity contribution >= 4 is 5.91 Å². The van der Waals surface area contributed by atoms with Gasteiger partial charge in [-0.3, -0.25) is 9.48 Å². The van der Waals surface area contributed by atoms with Crippen LogP contribution in [0.15, 0.2) is 12.4 Å². The lowest BCUT2D eigenvalue weighted by atomic mass is 10.2. The van der Waals surface area contributed by atoms with Crippen LogP contribution in [-0.2, 0) is 16.1 Å². The van der Waals surface area contributed by atoms with Gasteiger partial charge in [0.25, 0.3) is 0 Å². The summed E-state index contributed by atoms with van der Waals surface area (Å²) >= 11 is 0. The Bertz CT molecular complexity index is 328. The predicted octanol–water partition coefficient (Wildman–Crippen LogP) is -0.462. The minimum absolute atomic E-state index is 0.00196. The van der Waals surface area contributed by atoms with Gasteiger partial charge in [-0.1, -0.05) is 5.21 Å². The number of aromatic nitrogens is 3. The first kappa shape index (κ1) is 14.6. The molecule has 0 aliphatic rings. The van der Waals surface area contributed by atoms with E-state index in [1.807, 2.05) is 0 Å². The van der Waals surface area contributed by atoms with Gasteiger partial charge in [0.05, 0.1) is 19.3 Å². The number of ether oxygens (including phenoxy) is 1. The van der Waals surface area contributed by atoms with Gasteiger partial charge < -0.3 is 15.8 Å². The molecule has 0 saturated carbocycles. The molecule has 0 aliphatic carbocycles. The molecule has 0 bridgehead atoms. The summed E-state index contributed by atoms with van der Waals surface area (Å²) in [5, 5.41) is 10.1. The minimum atomic E-state index is -0.00196. The van der Waals surface area contributed by atoms with Crippen molar-refractivity contribution in [2.75, 3.05) is 20.3 Å². The molecule has 3 N–H and O–H groups in total. The van der Waals surface area contributed by atoms with E-state index >= 15 is 0 Å². The van der Waals surface area contributed by atoms with Gasteiger partial charge >= 0.3 is 0 Å². The zero-order valence-electron chi connectivity index (χ0n) is 10.7. The third-order valence-corrected chi connectivity index (χ3v) is 2.51. The maximum atomic E-state index is 10.9. The van der Waals surface area contributed by atoms with Gasteiger partial charge in [0.1, 0.15) is 0 Å². The number of hydrogen-bond donors (Lipinski definition) is 2. The monoisotopic (exact) mass is 255 g/mol. The Hall–Kier alpha value is -1.47. The lowest BCUT2D eigenvalue weighted by molar-refractivity contribution is -0.121. The van der Waals surface area contributed by atoms with Crippen molar-refractivity contribution in [2.45, 2.75) is 31.8 Å². The van der Waals surface area contributed by atoms with Gasteiger partial charge in [-0.15, -0.1) is 5.10 Å². The second kappa shape index (κ2) is 8.60. The third-order valence-electron chi connectivity index (χ3n) is 2.51. The van der Waals surface area contributed by atoms with Gasteiger partial charge in [0.15, 0.2) is 0 Å². The second-order valence-corrected chi connectivity index (χ2v) is 4.06. The number of nitrogens with zero attached hydrogens (tertiary/aromatic N) is 3. The van der Waals surface area contributed by atoms with E-state index in [1.165, 1.54) is 0 Å². The zero-order chi connectivity index (χ0) is 13.2. The number of carbonyl (C=O) groups excluding carboxylic acids is 1. The molecule has 1 aromatic rings. The van der Waals surface area contributed by atoms with Gasteiger partial charge in [-0.25, -0.2) is 0 Å². The van der Waals surface area contributed by atoms with E-state index in [4.69, 9.17) is 10.5 Å². The molecule has 1 atom stereocenters. The summed E-state index contributed by atoms with van der Waals surface area (Å²) in [5.74, 6) is -0.00196. The maximum Gasteiger partial charge on any atom is 0.222 e. The van der Waals surface area contributed by atoms with Crippen LogP contribution in [0.4, 0.5) is 0 Å². The Morgan fingerprint density at radius 2 is 2.39 bits per heavy atom. The fourth-order valence-corrected chi connectivity index (χ4v) is 1.50.